The molecule has 1 atom stereocenters. The number of rotatable bonds is 8. The quantitative estimate of drug-likeness (QED) is 0.722. The molecule has 0 radical (unpaired) electrons. The molecule has 1 aliphatic heterocycles. The number of amides is 2. The van der Waals surface area contributed by atoms with Gasteiger partial charge in [-0.1, -0.05) is 6.92 Å². The summed E-state index contributed by atoms with van der Waals surface area (Å²) in [5.41, 5.74) is 1.55. The van der Waals surface area contributed by atoms with E-state index in [1.807, 2.05) is 26.0 Å². The zero-order valence-electron chi connectivity index (χ0n) is 17.6. The Kier molecular flexibility index (Phi) is 7.65. The van der Waals surface area contributed by atoms with Crippen LogP contribution in [0.15, 0.2) is 42.7 Å². The number of piperidine rings is 1. The lowest BCUT2D eigenvalue weighted by molar-refractivity contribution is -0.121. The first kappa shape index (κ1) is 21.6. The molecule has 160 valence electrons. The fourth-order valence-corrected chi connectivity index (χ4v) is 3.46. The van der Waals surface area contributed by atoms with Crippen LogP contribution in [0.3, 0.4) is 0 Å². The molecule has 1 fully saturated rings. The minimum absolute atomic E-state index is 0.00415. The Bertz CT molecular complexity index is 857. The first-order valence-corrected chi connectivity index (χ1v) is 10.5. The van der Waals surface area contributed by atoms with E-state index in [0.717, 1.165) is 18.4 Å². The van der Waals surface area contributed by atoms with Gasteiger partial charge in [0.15, 0.2) is 11.5 Å². The van der Waals surface area contributed by atoms with E-state index in [2.05, 4.69) is 10.3 Å². The van der Waals surface area contributed by atoms with Crippen molar-refractivity contribution in [2.24, 2.45) is 0 Å². The second kappa shape index (κ2) is 10.6. The molecule has 1 aromatic carbocycles. The third kappa shape index (κ3) is 5.72. The lowest BCUT2D eigenvalue weighted by Gasteiger charge is -2.33. The summed E-state index contributed by atoms with van der Waals surface area (Å²) >= 11 is 0. The van der Waals surface area contributed by atoms with Crippen LogP contribution in [-0.2, 0) is 11.4 Å². The van der Waals surface area contributed by atoms with Gasteiger partial charge in [0, 0.05) is 43.5 Å². The normalized spacial score (nSPS) is 16.1. The van der Waals surface area contributed by atoms with Crippen LogP contribution >= 0.6 is 0 Å². The van der Waals surface area contributed by atoms with E-state index in [9.17, 15) is 9.59 Å². The van der Waals surface area contributed by atoms with Crippen LogP contribution in [0.4, 0.5) is 0 Å². The van der Waals surface area contributed by atoms with Gasteiger partial charge in [-0.3, -0.25) is 14.6 Å². The number of carbonyl (C=O) groups excluding carboxylic acids is 2. The van der Waals surface area contributed by atoms with Crippen LogP contribution in [0.1, 0.15) is 49.0 Å². The smallest absolute Gasteiger partial charge is 0.254 e. The summed E-state index contributed by atoms with van der Waals surface area (Å²) in [7, 11) is 0. The molecule has 1 N–H and O–H groups in total. The molecule has 0 spiro atoms. The van der Waals surface area contributed by atoms with E-state index in [-0.39, 0.29) is 17.9 Å². The Morgan fingerprint density at radius 3 is 2.67 bits per heavy atom. The maximum atomic E-state index is 13.1. The third-order valence-corrected chi connectivity index (χ3v) is 5.03. The average molecular weight is 412 g/mol. The molecule has 2 amide bonds. The number of carbonyl (C=O) groups is 2. The van der Waals surface area contributed by atoms with E-state index in [0.29, 0.717) is 49.8 Å². The minimum atomic E-state index is -0.0629. The van der Waals surface area contributed by atoms with E-state index in [1.165, 1.54) is 0 Å². The molecule has 0 aliphatic carbocycles. The summed E-state index contributed by atoms with van der Waals surface area (Å²) in [5, 5.41) is 3.00. The van der Waals surface area contributed by atoms with Crippen LogP contribution in [0.25, 0.3) is 0 Å². The summed E-state index contributed by atoms with van der Waals surface area (Å²) in [4.78, 5) is 30.6. The number of aromatic nitrogens is 1. The summed E-state index contributed by atoms with van der Waals surface area (Å²) in [6.45, 7) is 5.79. The van der Waals surface area contributed by atoms with Gasteiger partial charge in [0.05, 0.1) is 6.61 Å². The standard InChI is InChI=1S/C23H29N3O4/c1-3-22(27)25-19-6-5-13-26(15-19)23(28)18-7-8-20(21(14-18)29-4-2)30-16-17-9-11-24-12-10-17/h7-12,14,19H,3-6,13,15-16H2,1-2H3,(H,25,27). The van der Waals surface area contributed by atoms with Gasteiger partial charge in [-0.2, -0.15) is 0 Å². The molecule has 1 aromatic heterocycles. The number of nitrogens with one attached hydrogen (secondary N) is 1. The number of hydrogen-bond donors (Lipinski definition) is 1. The molecule has 0 saturated carbocycles. The predicted molar refractivity (Wildman–Crippen MR) is 114 cm³/mol. The number of benzene rings is 1. The Morgan fingerprint density at radius 1 is 1.13 bits per heavy atom. The van der Waals surface area contributed by atoms with Crippen molar-refractivity contribution in [3.05, 3.63) is 53.9 Å². The van der Waals surface area contributed by atoms with Gasteiger partial charge >= 0.3 is 0 Å². The number of pyridine rings is 1. The lowest BCUT2D eigenvalue weighted by atomic mass is 10.0. The molecular formula is C23H29N3O4. The van der Waals surface area contributed by atoms with Crippen molar-refractivity contribution < 1.29 is 19.1 Å². The first-order valence-electron chi connectivity index (χ1n) is 10.5. The van der Waals surface area contributed by atoms with Gasteiger partial charge in [0.2, 0.25) is 5.91 Å². The van der Waals surface area contributed by atoms with Crippen LogP contribution in [0.2, 0.25) is 0 Å². The van der Waals surface area contributed by atoms with Crippen LogP contribution in [0.5, 0.6) is 11.5 Å². The maximum absolute atomic E-state index is 13.1. The van der Waals surface area contributed by atoms with Gasteiger partial charge < -0.3 is 19.7 Å². The van der Waals surface area contributed by atoms with E-state index < -0.39 is 0 Å². The summed E-state index contributed by atoms with van der Waals surface area (Å²) in [6.07, 6.45) is 5.65. The van der Waals surface area contributed by atoms with Crippen molar-refractivity contribution in [1.82, 2.24) is 15.2 Å². The molecule has 3 rings (SSSR count). The number of nitrogens with zero attached hydrogens (tertiary/aromatic N) is 2. The highest BCUT2D eigenvalue weighted by Crippen LogP contribution is 2.30. The molecule has 2 aromatic rings. The highest BCUT2D eigenvalue weighted by molar-refractivity contribution is 5.95. The molecule has 30 heavy (non-hydrogen) atoms. The largest absolute Gasteiger partial charge is 0.490 e. The van der Waals surface area contributed by atoms with Crippen molar-refractivity contribution >= 4 is 11.8 Å². The van der Waals surface area contributed by atoms with Crippen molar-refractivity contribution in [3.8, 4) is 11.5 Å². The molecule has 7 nitrogen and oxygen atoms in total. The topological polar surface area (TPSA) is 80.8 Å². The molecule has 2 heterocycles. The molecule has 1 unspecified atom stereocenters. The van der Waals surface area contributed by atoms with Gasteiger partial charge in [0.1, 0.15) is 6.61 Å². The third-order valence-electron chi connectivity index (χ3n) is 5.03. The van der Waals surface area contributed by atoms with E-state index in [1.54, 1.807) is 35.5 Å². The van der Waals surface area contributed by atoms with Crippen molar-refractivity contribution in [3.63, 3.8) is 0 Å². The maximum Gasteiger partial charge on any atom is 0.254 e. The summed E-state index contributed by atoms with van der Waals surface area (Å²) < 4.78 is 11.6. The zero-order valence-corrected chi connectivity index (χ0v) is 17.6. The van der Waals surface area contributed by atoms with Crippen LogP contribution < -0.4 is 14.8 Å². The fraction of sp³-hybridized carbons (Fsp3) is 0.435. The highest BCUT2D eigenvalue weighted by Gasteiger charge is 2.26. The van der Waals surface area contributed by atoms with Gasteiger partial charge in [0.25, 0.3) is 5.91 Å². The van der Waals surface area contributed by atoms with Crippen molar-refractivity contribution in [2.75, 3.05) is 19.7 Å². The van der Waals surface area contributed by atoms with Crippen LogP contribution in [-0.4, -0.2) is 47.4 Å². The molecular weight excluding hydrogens is 382 g/mol. The van der Waals surface area contributed by atoms with Gasteiger partial charge in [-0.15, -0.1) is 0 Å². The predicted octanol–water partition coefficient (Wildman–Crippen LogP) is 3.19. The summed E-state index contributed by atoms with van der Waals surface area (Å²) in [6, 6.07) is 9.07. The van der Waals surface area contributed by atoms with Crippen LogP contribution in [0, 0.1) is 0 Å². The molecule has 1 aliphatic rings. The van der Waals surface area contributed by atoms with Gasteiger partial charge in [-0.05, 0) is 55.7 Å². The Balaban J connectivity index is 1.69. The zero-order chi connectivity index (χ0) is 21.3. The molecule has 7 heteroatoms. The average Bonchev–Trinajstić information content (AvgIpc) is 2.78. The monoisotopic (exact) mass is 411 g/mol. The lowest BCUT2D eigenvalue weighted by Crippen LogP contribution is -2.49. The Labute approximate surface area is 177 Å². The Hall–Kier alpha value is -3.09. The van der Waals surface area contributed by atoms with E-state index >= 15 is 0 Å². The molecule has 1 saturated heterocycles. The minimum Gasteiger partial charge on any atom is -0.490 e. The van der Waals surface area contributed by atoms with Crippen molar-refractivity contribution in [1.29, 1.82) is 0 Å². The second-order valence-electron chi connectivity index (χ2n) is 7.25. The van der Waals surface area contributed by atoms with Gasteiger partial charge in [-0.25, -0.2) is 0 Å². The number of hydrogen-bond acceptors (Lipinski definition) is 5. The second-order valence-corrected chi connectivity index (χ2v) is 7.25. The fourth-order valence-electron chi connectivity index (χ4n) is 3.46. The highest BCUT2D eigenvalue weighted by atomic mass is 16.5. The first-order chi connectivity index (χ1) is 14.6. The van der Waals surface area contributed by atoms with E-state index in [4.69, 9.17) is 9.47 Å². The Morgan fingerprint density at radius 2 is 1.93 bits per heavy atom. The number of likely N-dealkylation sites (tertiary alicyclic amines) is 1. The number of ether oxygens (including phenoxy) is 2. The summed E-state index contributed by atoms with van der Waals surface area (Å²) in [5.74, 6) is 1.10. The molecule has 0 bridgehead atoms. The SMILES string of the molecule is CCOc1cc(C(=O)N2CCCC(NC(=O)CC)C2)ccc1OCc1ccncc1. The van der Waals surface area contributed by atoms with Crippen molar-refractivity contribution in [2.45, 2.75) is 45.8 Å².